The molecule has 0 spiro atoms. The molecular weight excluding hydrogens is 361 g/mol. The number of carboxylic acids is 1. The van der Waals surface area contributed by atoms with Gasteiger partial charge in [-0.25, -0.2) is 14.8 Å². The topological polar surface area (TPSA) is 157 Å². The smallest absolute Gasteiger partial charge is 0.407 e. The zero-order valence-electron chi connectivity index (χ0n) is 13.6. The Morgan fingerprint density at radius 2 is 1.85 bits per heavy atom. The van der Waals surface area contributed by atoms with E-state index in [1.165, 1.54) is 24.3 Å². The summed E-state index contributed by atoms with van der Waals surface area (Å²) in [7, 11) is -4.15. The molecule has 2 unspecified atom stereocenters. The summed E-state index contributed by atoms with van der Waals surface area (Å²) in [5.74, 6) is -2.58. The number of carboxylic acid groups (broad SMARTS) is 1. The van der Waals surface area contributed by atoms with Gasteiger partial charge in [0, 0.05) is 0 Å². The van der Waals surface area contributed by atoms with Crippen LogP contribution in [0.1, 0.15) is 11.5 Å². The van der Waals surface area contributed by atoms with Crippen molar-refractivity contribution in [1.29, 1.82) is 0 Å². The number of nitrogens with two attached hydrogens (primary N) is 2. The molecule has 0 radical (unpaired) electrons. The second-order valence-corrected chi connectivity index (χ2v) is 7.23. The van der Waals surface area contributed by atoms with Crippen molar-refractivity contribution in [2.45, 2.75) is 5.92 Å². The Morgan fingerprint density at radius 3 is 2.42 bits per heavy atom. The molecule has 2 atom stereocenters. The minimum atomic E-state index is -4.15. The Bertz CT molecular complexity index is 839. The van der Waals surface area contributed by atoms with Gasteiger partial charge in [-0.2, -0.15) is 0 Å². The fourth-order valence-corrected chi connectivity index (χ4v) is 3.67. The summed E-state index contributed by atoms with van der Waals surface area (Å²) in [5.41, 5.74) is 11.2. The summed E-state index contributed by atoms with van der Waals surface area (Å²) in [5, 5.41) is 18.6. The van der Waals surface area contributed by atoms with Gasteiger partial charge in [-0.15, -0.1) is 4.67 Å². The summed E-state index contributed by atoms with van der Waals surface area (Å²) in [6.07, 6.45) is -0.598. The van der Waals surface area contributed by atoms with Gasteiger partial charge in [0.1, 0.15) is 5.75 Å². The van der Waals surface area contributed by atoms with Crippen LogP contribution >= 0.6 is 7.60 Å². The summed E-state index contributed by atoms with van der Waals surface area (Å²) in [6, 6.07) is 14.0. The number of guanidine groups is 1. The van der Waals surface area contributed by atoms with E-state index < -0.39 is 25.6 Å². The number of benzene rings is 2. The number of hydrogen-bond donors (Lipinski definition) is 4. The van der Waals surface area contributed by atoms with Gasteiger partial charge in [0.2, 0.25) is 0 Å². The van der Waals surface area contributed by atoms with Crippen LogP contribution in [0.15, 0.2) is 59.6 Å². The van der Waals surface area contributed by atoms with E-state index in [9.17, 15) is 14.5 Å². The molecule has 0 bridgehead atoms. The van der Waals surface area contributed by atoms with Gasteiger partial charge in [-0.05, 0) is 29.8 Å². The van der Waals surface area contributed by atoms with Crippen molar-refractivity contribution in [3.05, 3.63) is 60.2 Å². The summed E-state index contributed by atoms with van der Waals surface area (Å²) < 4.78 is 21.9. The quantitative estimate of drug-likeness (QED) is 0.179. The average Bonchev–Trinajstić information content (AvgIpc) is 2.60. The molecule has 0 heterocycles. The molecule has 9 nitrogen and oxygen atoms in total. The van der Waals surface area contributed by atoms with Crippen molar-refractivity contribution in [2.75, 3.05) is 6.16 Å². The molecule has 138 valence electrons. The first-order valence-electron chi connectivity index (χ1n) is 7.42. The van der Waals surface area contributed by atoms with E-state index in [1.54, 1.807) is 30.3 Å². The Morgan fingerprint density at radius 1 is 1.15 bits per heavy atom. The third kappa shape index (κ3) is 5.32. The minimum Gasteiger partial charge on any atom is -0.481 e. The second kappa shape index (κ2) is 8.48. The zero-order chi connectivity index (χ0) is 19.2. The van der Waals surface area contributed by atoms with E-state index in [0.29, 0.717) is 5.69 Å². The molecule has 0 aliphatic carbocycles. The molecule has 2 rings (SSSR count). The number of nitrogens with zero attached hydrogens (tertiary/aromatic N) is 1. The highest BCUT2D eigenvalue weighted by Crippen LogP contribution is 2.50. The molecule has 10 heteroatoms. The molecule has 0 amide bonds. The van der Waals surface area contributed by atoms with Gasteiger partial charge in [0.15, 0.2) is 5.96 Å². The molecule has 0 aliphatic heterocycles. The Balaban J connectivity index is 2.30. The first-order valence-corrected chi connectivity index (χ1v) is 9.15. The van der Waals surface area contributed by atoms with Gasteiger partial charge in [-0.3, -0.25) is 4.79 Å². The van der Waals surface area contributed by atoms with Crippen LogP contribution in [0, 0.1) is 0 Å². The lowest BCUT2D eigenvalue weighted by molar-refractivity contribution is -0.146. The van der Waals surface area contributed by atoms with E-state index in [-0.39, 0.29) is 17.3 Å². The maximum atomic E-state index is 12.7. The lowest BCUT2D eigenvalue weighted by Crippen LogP contribution is -2.22. The van der Waals surface area contributed by atoms with Crippen LogP contribution in [0.5, 0.6) is 5.75 Å². The summed E-state index contributed by atoms with van der Waals surface area (Å²) in [6.45, 7) is 0. The Labute approximate surface area is 149 Å². The van der Waals surface area contributed by atoms with Crippen molar-refractivity contribution in [3.63, 3.8) is 0 Å². The van der Waals surface area contributed by atoms with Crippen LogP contribution < -0.4 is 16.0 Å². The van der Waals surface area contributed by atoms with Crippen LogP contribution in [0.2, 0.25) is 0 Å². The molecule has 0 saturated heterocycles. The van der Waals surface area contributed by atoms with Gasteiger partial charge in [0.05, 0.1) is 17.8 Å². The van der Waals surface area contributed by atoms with Crippen LogP contribution in [0.4, 0.5) is 5.69 Å². The normalized spacial score (nSPS) is 14.0. The lowest BCUT2D eigenvalue weighted by atomic mass is 10.0. The van der Waals surface area contributed by atoms with Crippen molar-refractivity contribution >= 4 is 25.2 Å². The number of aliphatic carboxylic acids is 1. The number of carbonyl (C=O) groups is 1. The Kier molecular flexibility index (Phi) is 6.35. The molecule has 2 aromatic carbocycles. The van der Waals surface area contributed by atoms with Crippen LogP contribution in [-0.2, 0) is 14.0 Å². The van der Waals surface area contributed by atoms with Gasteiger partial charge >= 0.3 is 13.6 Å². The largest absolute Gasteiger partial charge is 0.481 e. The number of hydrogen-bond acceptors (Lipinski definition) is 6. The highest BCUT2D eigenvalue weighted by Gasteiger charge is 2.36. The Hall–Kier alpha value is -2.87. The highest BCUT2D eigenvalue weighted by molar-refractivity contribution is 7.54. The second-order valence-electron chi connectivity index (χ2n) is 5.30. The van der Waals surface area contributed by atoms with E-state index >= 15 is 0 Å². The third-order valence-electron chi connectivity index (χ3n) is 3.35. The highest BCUT2D eigenvalue weighted by atomic mass is 31.2. The fraction of sp³-hybridized carbons (Fsp3) is 0.125. The molecular formula is C16H18N3O6P. The number of rotatable bonds is 8. The third-order valence-corrected chi connectivity index (χ3v) is 4.90. The first kappa shape index (κ1) is 19.5. The zero-order valence-corrected chi connectivity index (χ0v) is 14.5. The van der Waals surface area contributed by atoms with E-state index in [0.717, 1.165) is 0 Å². The maximum Gasteiger partial charge on any atom is 0.407 e. The molecule has 2 aromatic rings. The van der Waals surface area contributed by atoms with Crippen molar-refractivity contribution in [3.8, 4) is 5.75 Å². The predicted molar refractivity (Wildman–Crippen MR) is 95.5 cm³/mol. The monoisotopic (exact) mass is 379 g/mol. The summed E-state index contributed by atoms with van der Waals surface area (Å²) in [4.78, 5) is 15.5. The molecule has 0 fully saturated rings. The van der Waals surface area contributed by atoms with E-state index in [4.69, 9.17) is 21.2 Å². The van der Waals surface area contributed by atoms with Gasteiger partial charge < -0.3 is 21.1 Å². The molecule has 0 aliphatic rings. The molecule has 0 aromatic heterocycles. The van der Waals surface area contributed by atoms with Gasteiger partial charge in [-0.1, -0.05) is 30.3 Å². The maximum absolute atomic E-state index is 12.7. The molecule has 26 heavy (non-hydrogen) atoms. The van der Waals surface area contributed by atoms with Crippen LogP contribution in [0.25, 0.3) is 0 Å². The predicted octanol–water partition coefficient (Wildman–Crippen LogP) is 2.52. The fourth-order valence-electron chi connectivity index (χ4n) is 2.24. The summed E-state index contributed by atoms with van der Waals surface area (Å²) >= 11 is 0. The number of para-hydroxylation sites is 1. The van der Waals surface area contributed by atoms with Crippen LogP contribution in [-0.4, -0.2) is 28.5 Å². The van der Waals surface area contributed by atoms with Crippen molar-refractivity contribution < 1.29 is 28.9 Å². The van der Waals surface area contributed by atoms with Gasteiger partial charge in [0.25, 0.3) is 0 Å². The van der Waals surface area contributed by atoms with Crippen molar-refractivity contribution in [1.82, 2.24) is 0 Å². The van der Waals surface area contributed by atoms with E-state index in [2.05, 4.69) is 9.67 Å². The molecule has 0 saturated carbocycles. The SMILES string of the molecule is NC(N)=Nc1cccc(C(CP(=O)(OO)Oc2ccccc2)C(=O)O)c1. The minimum absolute atomic E-state index is 0.170. The van der Waals surface area contributed by atoms with E-state index in [1.807, 2.05) is 0 Å². The standard InChI is InChI=1S/C16H18N3O6P/c17-16(18)19-12-6-4-5-11(9-12)14(15(20)21)10-26(23,25-22)24-13-7-2-1-3-8-13/h1-9,14,22H,10H2,(H,20,21)(H4,17,18,19). The average molecular weight is 379 g/mol. The van der Waals surface area contributed by atoms with Crippen molar-refractivity contribution in [2.24, 2.45) is 16.5 Å². The lowest BCUT2D eigenvalue weighted by Gasteiger charge is -2.20. The molecule has 6 N–H and O–H groups in total. The van der Waals surface area contributed by atoms with Crippen LogP contribution in [0.3, 0.4) is 0 Å². The number of aliphatic imine (C=N–C) groups is 1. The first-order chi connectivity index (χ1) is 12.3.